The molecule has 4 N–H and O–H groups in total. The average molecular weight is 335 g/mol. The van der Waals surface area contributed by atoms with E-state index in [2.05, 4.69) is 4.98 Å². The minimum atomic E-state index is -1.09. The van der Waals surface area contributed by atoms with Gasteiger partial charge in [-0.25, -0.2) is 4.79 Å². The number of nitrogens with zero attached hydrogens (tertiary/aromatic N) is 1. The van der Waals surface area contributed by atoms with Crippen LogP contribution in [0.5, 0.6) is 0 Å². The van der Waals surface area contributed by atoms with E-state index in [-0.39, 0.29) is 24.4 Å². The molecule has 2 rings (SSSR count). The van der Waals surface area contributed by atoms with Gasteiger partial charge in [-0.3, -0.25) is 9.78 Å². The molecule has 0 saturated carbocycles. The van der Waals surface area contributed by atoms with Crippen molar-refractivity contribution in [3.63, 3.8) is 0 Å². The summed E-state index contributed by atoms with van der Waals surface area (Å²) in [7, 11) is 0. The fourth-order valence-electron chi connectivity index (χ4n) is 2.35. The van der Waals surface area contributed by atoms with Crippen LogP contribution < -0.4 is 5.73 Å². The fraction of sp³-hybridized carbons (Fsp3) is 0.188. The van der Waals surface area contributed by atoms with Gasteiger partial charge in [-0.15, -0.1) is 0 Å². The molecule has 0 fully saturated rings. The zero-order valence-corrected chi connectivity index (χ0v) is 12.8. The van der Waals surface area contributed by atoms with E-state index in [9.17, 15) is 14.7 Å². The third kappa shape index (κ3) is 3.85. The number of hydrogen-bond acceptors (Lipinski definition) is 4. The van der Waals surface area contributed by atoms with E-state index < -0.39 is 11.9 Å². The monoisotopic (exact) mass is 334 g/mol. The zero-order valence-electron chi connectivity index (χ0n) is 12.1. The number of rotatable bonds is 6. The number of pyridine rings is 1. The number of carboxylic acids is 2. The lowest BCUT2D eigenvalue weighted by Crippen LogP contribution is -2.16. The number of aliphatic carboxylic acids is 1. The molecule has 0 amide bonds. The Morgan fingerprint density at radius 3 is 2.57 bits per heavy atom. The number of aromatic nitrogens is 1. The lowest BCUT2D eigenvalue weighted by molar-refractivity contribution is -0.137. The van der Waals surface area contributed by atoms with Crippen LogP contribution in [0, 0.1) is 0 Å². The number of aromatic carboxylic acids is 1. The van der Waals surface area contributed by atoms with Crippen LogP contribution in [-0.4, -0.2) is 33.7 Å². The Labute approximate surface area is 137 Å². The van der Waals surface area contributed by atoms with Crippen LogP contribution in [0.3, 0.4) is 0 Å². The second-order valence-corrected chi connectivity index (χ2v) is 5.40. The Hall–Kier alpha value is -2.44. The minimum absolute atomic E-state index is 0.0709. The molecule has 2 aromatic rings. The van der Waals surface area contributed by atoms with Crippen LogP contribution in [0.2, 0.25) is 5.02 Å². The number of hydrogen-bond donors (Lipinski definition) is 3. The Bertz CT molecular complexity index is 749. The molecule has 0 aliphatic rings. The lowest BCUT2D eigenvalue weighted by Gasteiger charge is -2.16. The smallest absolute Gasteiger partial charge is 0.336 e. The summed E-state index contributed by atoms with van der Waals surface area (Å²) in [6, 6.07) is 6.36. The van der Waals surface area contributed by atoms with E-state index in [1.54, 1.807) is 18.2 Å². The van der Waals surface area contributed by atoms with Crippen LogP contribution in [-0.2, 0) is 4.79 Å². The summed E-state index contributed by atoms with van der Waals surface area (Å²) in [6.07, 6.45) is 2.69. The predicted octanol–water partition coefficient (Wildman–Crippen LogP) is 2.62. The van der Waals surface area contributed by atoms with Crippen molar-refractivity contribution in [2.24, 2.45) is 5.73 Å². The second kappa shape index (κ2) is 7.21. The van der Waals surface area contributed by atoms with Gasteiger partial charge in [-0.05, 0) is 30.3 Å². The molecule has 0 bridgehead atoms. The predicted molar refractivity (Wildman–Crippen MR) is 85.7 cm³/mol. The Kier molecular flexibility index (Phi) is 5.31. The fourth-order valence-corrected chi connectivity index (χ4v) is 2.57. The summed E-state index contributed by atoms with van der Waals surface area (Å²) in [4.78, 5) is 26.2. The SMILES string of the molecule is NCC(CC(=O)O)c1ccc(Cl)c(-c2cnccc2C(=O)O)c1. The maximum atomic E-state index is 11.4. The van der Waals surface area contributed by atoms with Crippen LogP contribution in [0.25, 0.3) is 11.1 Å². The highest BCUT2D eigenvalue weighted by atomic mass is 35.5. The summed E-state index contributed by atoms with van der Waals surface area (Å²) in [5.74, 6) is -2.43. The van der Waals surface area contributed by atoms with E-state index in [0.717, 1.165) is 0 Å². The molecule has 23 heavy (non-hydrogen) atoms. The molecule has 0 spiro atoms. The maximum Gasteiger partial charge on any atom is 0.336 e. The maximum absolute atomic E-state index is 11.4. The van der Waals surface area contributed by atoms with Crippen molar-refractivity contribution in [2.45, 2.75) is 12.3 Å². The molecule has 7 heteroatoms. The topological polar surface area (TPSA) is 114 Å². The molecule has 0 aliphatic carbocycles. The van der Waals surface area contributed by atoms with Gasteiger partial charge in [-0.1, -0.05) is 17.7 Å². The van der Waals surface area contributed by atoms with Gasteiger partial charge in [0.1, 0.15) is 0 Å². The van der Waals surface area contributed by atoms with Gasteiger partial charge in [0, 0.05) is 34.5 Å². The van der Waals surface area contributed by atoms with Gasteiger partial charge in [-0.2, -0.15) is 0 Å². The number of halogens is 1. The van der Waals surface area contributed by atoms with E-state index in [1.807, 2.05) is 0 Å². The van der Waals surface area contributed by atoms with Crippen molar-refractivity contribution in [2.75, 3.05) is 6.54 Å². The van der Waals surface area contributed by atoms with E-state index in [0.29, 0.717) is 21.7 Å². The van der Waals surface area contributed by atoms with E-state index >= 15 is 0 Å². The highest BCUT2D eigenvalue weighted by Gasteiger charge is 2.18. The average Bonchev–Trinajstić information content (AvgIpc) is 2.53. The van der Waals surface area contributed by atoms with Crippen molar-refractivity contribution < 1.29 is 19.8 Å². The number of carbonyl (C=O) groups is 2. The Morgan fingerprint density at radius 1 is 1.22 bits per heavy atom. The Balaban J connectivity index is 2.54. The molecular weight excluding hydrogens is 320 g/mol. The van der Waals surface area contributed by atoms with Gasteiger partial charge in [0.05, 0.1) is 12.0 Å². The summed E-state index contributed by atoms with van der Waals surface area (Å²) in [6.45, 7) is 0.159. The summed E-state index contributed by atoms with van der Waals surface area (Å²) in [5.41, 5.74) is 7.27. The third-order valence-electron chi connectivity index (χ3n) is 3.51. The van der Waals surface area contributed by atoms with E-state index in [1.165, 1.54) is 18.5 Å². The molecule has 0 radical (unpaired) electrons. The van der Waals surface area contributed by atoms with Crippen molar-refractivity contribution >= 4 is 23.5 Å². The molecule has 6 nitrogen and oxygen atoms in total. The first-order chi connectivity index (χ1) is 10.9. The van der Waals surface area contributed by atoms with Gasteiger partial charge in [0.15, 0.2) is 0 Å². The first-order valence-electron chi connectivity index (χ1n) is 6.83. The first kappa shape index (κ1) is 16.9. The lowest BCUT2D eigenvalue weighted by atomic mass is 9.92. The van der Waals surface area contributed by atoms with Gasteiger partial charge >= 0.3 is 11.9 Å². The molecule has 1 heterocycles. The molecular formula is C16H15ClN2O4. The van der Waals surface area contributed by atoms with Gasteiger partial charge < -0.3 is 15.9 Å². The normalized spacial score (nSPS) is 11.9. The summed E-state index contributed by atoms with van der Waals surface area (Å²) < 4.78 is 0. The van der Waals surface area contributed by atoms with E-state index in [4.69, 9.17) is 22.4 Å². The highest BCUT2D eigenvalue weighted by molar-refractivity contribution is 6.33. The van der Waals surface area contributed by atoms with Crippen molar-refractivity contribution in [1.29, 1.82) is 0 Å². The number of nitrogens with two attached hydrogens (primary N) is 1. The molecule has 1 aromatic carbocycles. The quantitative estimate of drug-likeness (QED) is 0.748. The first-order valence-corrected chi connectivity index (χ1v) is 7.20. The van der Waals surface area contributed by atoms with Crippen LogP contribution in [0.15, 0.2) is 36.7 Å². The minimum Gasteiger partial charge on any atom is -0.481 e. The Morgan fingerprint density at radius 2 is 1.96 bits per heavy atom. The van der Waals surface area contributed by atoms with Gasteiger partial charge in [0.25, 0.3) is 0 Å². The van der Waals surface area contributed by atoms with Crippen molar-refractivity contribution in [3.8, 4) is 11.1 Å². The zero-order chi connectivity index (χ0) is 17.0. The number of benzene rings is 1. The van der Waals surface area contributed by atoms with Crippen LogP contribution in [0.1, 0.15) is 28.3 Å². The molecule has 120 valence electrons. The summed E-state index contributed by atoms with van der Waals surface area (Å²) in [5, 5.41) is 18.6. The van der Waals surface area contributed by atoms with Crippen LogP contribution >= 0.6 is 11.6 Å². The third-order valence-corrected chi connectivity index (χ3v) is 3.84. The summed E-state index contributed by atoms with van der Waals surface area (Å²) >= 11 is 6.19. The van der Waals surface area contributed by atoms with Gasteiger partial charge in [0.2, 0.25) is 0 Å². The van der Waals surface area contributed by atoms with Crippen molar-refractivity contribution in [1.82, 2.24) is 4.98 Å². The number of carboxylic acid groups (broad SMARTS) is 2. The molecule has 1 atom stereocenters. The molecule has 1 unspecified atom stereocenters. The second-order valence-electron chi connectivity index (χ2n) is 5.00. The molecule has 0 saturated heterocycles. The molecule has 0 aliphatic heterocycles. The largest absolute Gasteiger partial charge is 0.481 e. The van der Waals surface area contributed by atoms with Crippen molar-refractivity contribution in [3.05, 3.63) is 52.8 Å². The standard InChI is InChI=1S/C16H15ClN2O4/c17-14-2-1-9(10(7-18)6-15(20)21)5-12(14)13-8-19-4-3-11(13)16(22)23/h1-5,8,10H,6-7,18H2,(H,20,21)(H,22,23). The molecule has 1 aromatic heterocycles. The highest BCUT2D eigenvalue weighted by Crippen LogP contribution is 2.33. The van der Waals surface area contributed by atoms with Crippen LogP contribution in [0.4, 0.5) is 0 Å².